The Morgan fingerprint density at radius 3 is 2.42 bits per heavy atom. The van der Waals surface area contributed by atoms with Crippen molar-refractivity contribution in [3.05, 3.63) is 89.3 Å². The monoisotopic (exact) mass is 623 g/mol. The van der Waals surface area contributed by atoms with Crippen molar-refractivity contribution in [1.82, 2.24) is 9.97 Å². The Bertz CT molecular complexity index is 1720. The van der Waals surface area contributed by atoms with E-state index in [-0.39, 0.29) is 38.9 Å². The average molecular weight is 624 g/mol. The molecule has 0 aliphatic heterocycles. The van der Waals surface area contributed by atoms with Gasteiger partial charge in [0.1, 0.15) is 10.6 Å². The van der Waals surface area contributed by atoms with E-state index in [1.54, 1.807) is 24.4 Å². The first-order valence-electron chi connectivity index (χ1n) is 14.1. The molecule has 3 aromatic carbocycles. The minimum atomic E-state index is -4.03. The van der Waals surface area contributed by atoms with Gasteiger partial charge in [0, 0.05) is 29.9 Å². The second kappa shape index (κ2) is 12.5. The van der Waals surface area contributed by atoms with Crippen LogP contribution in [0.15, 0.2) is 77.8 Å². The normalized spacial score (nSPS) is 17.3. The SMILES string of the molecule is CC(C)(C)c1ccc(-c2ccnc(NC3CCC(N)CC3)n2)c(Oc2ccc(NS(=O)(=O)c3ccccc3Cl)cc2F)c1. The van der Waals surface area contributed by atoms with Gasteiger partial charge in [0.15, 0.2) is 11.6 Å². The summed E-state index contributed by atoms with van der Waals surface area (Å²) in [6, 6.07) is 18.0. The van der Waals surface area contributed by atoms with Gasteiger partial charge in [-0.15, -0.1) is 0 Å². The Balaban J connectivity index is 1.43. The number of nitrogens with one attached hydrogen (secondary N) is 2. The molecule has 0 spiro atoms. The number of sulfonamides is 1. The van der Waals surface area contributed by atoms with Gasteiger partial charge in [0.05, 0.1) is 16.4 Å². The first-order chi connectivity index (χ1) is 20.4. The van der Waals surface area contributed by atoms with Gasteiger partial charge < -0.3 is 15.8 Å². The Hall–Kier alpha value is -3.73. The van der Waals surface area contributed by atoms with Crippen molar-refractivity contribution in [2.45, 2.75) is 68.8 Å². The fraction of sp³-hybridized carbons (Fsp3) is 0.312. The van der Waals surface area contributed by atoms with E-state index in [4.69, 9.17) is 27.1 Å². The second-order valence-electron chi connectivity index (χ2n) is 11.8. The summed E-state index contributed by atoms with van der Waals surface area (Å²) in [4.78, 5) is 9.05. The molecule has 1 aliphatic carbocycles. The second-order valence-corrected chi connectivity index (χ2v) is 13.8. The van der Waals surface area contributed by atoms with Crippen molar-refractivity contribution >= 4 is 33.3 Å². The van der Waals surface area contributed by atoms with Crippen LogP contribution in [0, 0.1) is 5.82 Å². The fourth-order valence-corrected chi connectivity index (χ4v) is 6.52. The lowest BCUT2D eigenvalue weighted by atomic mass is 9.86. The van der Waals surface area contributed by atoms with Crippen molar-refractivity contribution in [3.8, 4) is 22.8 Å². The standard InChI is InChI=1S/C32H35ClFN5O3S/c1-32(2,3)20-8-14-24(27-16-17-36-31(38-27)37-22-11-9-21(35)10-12-22)29(18-20)42-28-15-13-23(19-26(28)34)39-43(40,41)30-7-5-4-6-25(30)33/h4-8,13-19,21-22,39H,9-12,35H2,1-3H3,(H,36,37,38). The van der Waals surface area contributed by atoms with Crippen LogP contribution in [0.4, 0.5) is 16.0 Å². The summed E-state index contributed by atoms with van der Waals surface area (Å²) in [6.45, 7) is 6.24. The number of rotatable bonds is 8. The number of ether oxygens (including phenoxy) is 1. The van der Waals surface area contributed by atoms with Gasteiger partial charge in [-0.1, -0.05) is 50.6 Å². The Labute approximate surface area is 256 Å². The van der Waals surface area contributed by atoms with Crippen LogP contribution in [0.3, 0.4) is 0 Å². The van der Waals surface area contributed by atoms with Gasteiger partial charge in [0.2, 0.25) is 5.95 Å². The summed E-state index contributed by atoms with van der Waals surface area (Å²) in [7, 11) is -4.03. The number of nitrogens with two attached hydrogens (primary N) is 1. The molecule has 0 saturated heterocycles. The van der Waals surface area contributed by atoms with E-state index >= 15 is 4.39 Å². The van der Waals surface area contributed by atoms with Crippen LogP contribution in [0.5, 0.6) is 11.5 Å². The molecular weight excluding hydrogens is 589 g/mol. The molecule has 43 heavy (non-hydrogen) atoms. The highest BCUT2D eigenvalue weighted by atomic mass is 35.5. The average Bonchev–Trinajstić information content (AvgIpc) is 2.95. The number of aromatic nitrogens is 2. The van der Waals surface area contributed by atoms with E-state index in [2.05, 4.69) is 35.8 Å². The Morgan fingerprint density at radius 1 is 0.977 bits per heavy atom. The lowest BCUT2D eigenvalue weighted by Gasteiger charge is -2.26. The van der Waals surface area contributed by atoms with Crippen molar-refractivity contribution in [1.29, 1.82) is 0 Å². The molecule has 8 nitrogen and oxygen atoms in total. The quantitative estimate of drug-likeness (QED) is 0.186. The van der Waals surface area contributed by atoms with Gasteiger partial charge in [-0.2, -0.15) is 0 Å². The predicted octanol–water partition coefficient (Wildman–Crippen LogP) is 7.51. The Morgan fingerprint density at radius 2 is 1.72 bits per heavy atom. The molecule has 0 bridgehead atoms. The molecule has 0 amide bonds. The molecule has 11 heteroatoms. The number of benzene rings is 3. The van der Waals surface area contributed by atoms with Gasteiger partial charge >= 0.3 is 0 Å². The molecular formula is C32H35ClFN5O3S. The first kappa shape index (κ1) is 30.7. The van der Waals surface area contributed by atoms with Crippen molar-refractivity contribution in [2.75, 3.05) is 10.0 Å². The van der Waals surface area contributed by atoms with E-state index < -0.39 is 15.8 Å². The maximum Gasteiger partial charge on any atom is 0.263 e. The molecule has 1 saturated carbocycles. The zero-order chi connectivity index (χ0) is 30.8. The summed E-state index contributed by atoms with van der Waals surface area (Å²) >= 11 is 6.06. The van der Waals surface area contributed by atoms with Crippen LogP contribution in [0.25, 0.3) is 11.3 Å². The smallest absolute Gasteiger partial charge is 0.263 e. The summed E-state index contributed by atoms with van der Waals surface area (Å²) in [5.41, 5.74) is 8.15. The molecule has 0 radical (unpaired) electrons. The number of halogens is 2. The lowest BCUT2D eigenvalue weighted by molar-refractivity contribution is 0.410. The maximum absolute atomic E-state index is 15.4. The summed E-state index contributed by atoms with van der Waals surface area (Å²) < 4.78 is 49.6. The van der Waals surface area contributed by atoms with Crippen molar-refractivity contribution < 1.29 is 17.5 Å². The van der Waals surface area contributed by atoms with E-state index in [0.29, 0.717) is 23.0 Å². The zero-order valence-corrected chi connectivity index (χ0v) is 25.8. The third-order valence-electron chi connectivity index (χ3n) is 7.41. The maximum atomic E-state index is 15.4. The predicted molar refractivity (Wildman–Crippen MR) is 169 cm³/mol. The van der Waals surface area contributed by atoms with Crippen molar-refractivity contribution in [2.24, 2.45) is 5.73 Å². The molecule has 5 rings (SSSR count). The third-order valence-corrected chi connectivity index (χ3v) is 9.30. The van der Waals surface area contributed by atoms with Crippen molar-refractivity contribution in [3.63, 3.8) is 0 Å². The molecule has 1 aromatic heterocycles. The van der Waals surface area contributed by atoms with E-state index in [1.165, 1.54) is 24.3 Å². The number of anilines is 2. The summed E-state index contributed by atoms with van der Waals surface area (Å²) in [6.07, 6.45) is 5.49. The van der Waals surface area contributed by atoms with E-state index in [0.717, 1.165) is 37.3 Å². The number of hydrogen-bond donors (Lipinski definition) is 3. The molecule has 0 unspecified atom stereocenters. The number of hydrogen-bond acceptors (Lipinski definition) is 7. The van der Waals surface area contributed by atoms with E-state index in [1.807, 2.05) is 18.2 Å². The van der Waals surface area contributed by atoms with Crippen LogP contribution in [-0.2, 0) is 15.4 Å². The van der Waals surface area contributed by atoms with Gasteiger partial charge in [-0.25, -0.2) is 22.8 Å². The fourth-order valence-electron chi connectivity index (χ4n) is 4.95. The molecule has 1 fully saturated rings. The highest BCUT2D eigenvalue weighted by Crippen LogP contribution is 2.38. The zero-order valence-electron chi connectivity index (χ0n) is 24.3. The summed E-state index contributed by atoms with van der Waals surface area (Å²) in [5.74, 6) is 0.0974. The first-order valence-corrected chi connectivity index (χ1v) is 16.0. The molecule has 1 aliphatic rings. The largest absolute Gasteiger partial charge is 0.454 e. The van der Waals surface area contributed by atoms with Crippen LogP contribution < -0.4 is 20.5 Å². The number of nitrogens with zero attached hydrogens (tertiary/aromatic N) is 2. The minimum absolute atomic E-state index is 0.0311. The minimum Gasteiger partial charge on any atom is -0.454 e. The van der Waals surface area contributed by atoms with Crippen LogP contribution >= 0.6 is 11.6 Å². The molecule has 226 valence electrons. The van der Waals surface area contributed by atoms with Crippen LogP contribution in [-0.4, -0.2) is 30.5 Å². The molecule has 0 atom stereocenters. The topological polar surface area (TPSA) is 119 Å². The van der Waals surface area contributed by atoms with Gasteiger partial charge in [0.25, 0.3) is 10.0 Å². The van der Waals surface area contributed by atoms with E-state index in [9.17, 15) is 8.42 Å². The van der Waals surface area contributed by atoms with Crippen LogP contribution in [0.2, 0.25) is 5.02 Å². The molecule has 4 aromatic rings. The highest BCUT2D eigenvalue weighted by Gasteiger charge is 2.22. The molecule has 1 heterocycles. The summed E-state index contributed by atoms with van der Waals surface area (Å²) in [5, 5.41) is 3.49. The third kappa shape index (κ3) is 7.44. The van der Waals surface area contributed by atoms with Gasteiger partial charge in [-0.3, -0.25) is 4.72 Å². The highest BCUT2D eigenvalue weighted by molar-refractivity contribution is 7.92. The lowest BCUT2D eigenvalue weighted by Crippen LogP contribution is -2.33. The van der Waals surface area contributed by atoms with Crippen LogP contribution in [0.1, 0.15) is 52.0 Å². The molecule has 4 N–H and O–H groups in total. The van der Waals surface area contributed by atoms with Gasteiger partial charge in [-0.05, 0) is 79.1 Å². The Kier molecular flexibility index (Phi) is 8.91.